The second kappa shape index (κ2) is 4.81. The molecule has 0 aliphatic rings. The van der Waals surface area contributed by atoms with Crippen molar-refractivity contribution in [1.29, 1.82) is 0 Å². The number of rotatable bonds is 4. The molecule has 100 valence electrons. The van der Waals surface area contributed by atoms with Gasteiger partial charge in [-0.05, 0) is 19.9 Å². The maximum absolute atomic E-state index is 10.7. The van der Waals surface area contributed by atoms with Crippen LogP contribution in [0, 0.1) is 10.1 Å². The summed E-state index contributed by atoms with van der Waals surface area (Å²) in [5.74, 6) is 0.369. The molecular weight excluding hydrogens is 266 g/mol. The Labute approximate surface area is 113 Å². The maximum atomic E-state index is 10.7. The standard InChI is InChI=1S/C11H13N5O2S/c1-11(2,10-13-5-6-19-10)15-8-4-3-7(16(17)18)9(12)14-8/h3-6H,1-2H3,(H3,12,14,15). The Balaban J connectivity index is 2.25. The number of aromatic nitrogens is 2. The van der Waals surface area contributed by atoms with Crippen LogP contribution in [0.5, 0.6) is 0 Å². The van der Waals surface area contributed by atoms with Crippen LogP contribution in [0.3, 0.4) is 0 Å². The van der Waals surface area contributed by atoms with Crippen LogP contribution >= 0.6 is 11.3 Å². The summed E-state index contributed by atoms with van der Waals surface area (Å²) in [6.07, 6.45) is 1.72. The van der Waals surface area contributed by atoms with E-state index in [2.05, 4.69) is 15.3 Å². The number of hydrogen-bond donors (Lipinski definition) is 2. The number of nitrogen functional groups attached to an aromatic ring is 1. The summed E-state index contributed by atoms with van der Waals surface area (Å²) in [5.41, 5.74) is 4.93. The molecule has 0 unspecified atom stereocenters. The van der Waals surface area contributed by atoms with Gasteiger partial charge in [-0.2, -0.15) is 0 Å². The minimum absolute atomic E-state index is 0.107. The predicted molar refractivity (Wildman–Crippen MR) is 74.1 cm³/mol. The summed E-state index contributed by atoms with van der Waals surface area (Å²) in [4.78, 5) is 18.3. The normalized spacial score (nSPS) is 11.3. The van der Waals surface area contributed by atoms with Crippen LogP contribution in [0.2, 0.25) is 0 Å². The lowest BCUT2D eigenvalue weighted by molar-refractivity contribution is -0.384. The predicted octanol–water partition coefficient (Wildman–Crippen LogP) is 2.38. The first-order chi connectivity index (χ1) is 8.90. The lowest BCUT2D eigenvalue weighted by atomic mass is 10.1. The van der Waals surface area contributed by atoms with E-state index in [1.54, 1.807) is 6.20 Å². The Morgan fingerprint density at radius 1 is 1.47 bits per heavy atom. The number of nitrogens with zero attached hydrogens (tertiary/aromatic N) is 3. The van der Waals surface area contributed by atoms with Crippen LogP contribution in [0.25, 0.3) is 0 Å². The van der Waals surface area contributed by atoms with E-state index in [0.29, 0.717) is 5.82 Å². The first-order valence-corrected chi connectivity index (χ1v) is 6.37. The molecule has 2 rings (SSSR count). The molecule has 0 saturated carbocycles. The fraction of sp³-hybridized carbons (Fsp3) is 0.273. The molecule has 0 radical (unpaired) electrons. The summed E-state index contributed by atoms with van der Waals surface area (Å²) in [6.45, 7) is 3.90. The van der Waals surface area contributed by atoms with Crippen molar-refractivity contribution in [3.8, 4) is 0 Å². The fourth-order valence-electron chi connectivity index (χ4n) is 1.60. The summed E-state index contributed by atoms with van der Waals surface area (Å²) >= 11 is 1.52. The summed E-state index contributed by atoms with van der Waals surface area (Å²) < 4.78 is 0. The highest BCUT2D eigenvalue weighted by atomic mass is 32.1. The number of anilines is 2. The van der Waals surface area contributed by atoms with Crippen LogP contribution in [0.4, 0.5) is 17.3 Å². The quantitative estimate of drug-likeness (QED) is 0.657. The zero-order valence-electron chi connectivity index (χ0n) is 10.5. The van der Waals surface area contributed by atoms with Gasteiger partial charge in [0.2, 0.25) is 5.82 Å². The highest BCUT2D eigenvalue weighted by Gasteiger charge is 2.24. The Morgan fingerprint density at radius 3 is 2.74 bits per heavy atom. The molecule has 2 heterocycles. The van der Waals surface area contributed by atoms with E-state index in [4.69, 9.17) is 5.73 Å². The van der Waals surface area contributed by atoms with Gasteiger partial charge in [-0.3, -0.25) is 10.1 Å². The molecule has 0 saturated heterocycles. The minimum Gasteiger partial charge on any atom is -0.378 e. The van der Waals surface area contributed by atoms with Crippen molar-refractivity contribution in [1.82, 2.24) is 9.97 Å². The van der Waals surface area contributed by atoms with Crippen molar-refractivity contribution in [2.24, 2.45) is 0 Å². The second-order valence-corrected chi connectivity index (χ2v) is 5.34. The fourth-order valence-corrected chi connectivity index (χ4v) is 2.32. The number of nitro groups is 1. The number of pyridine rings is 1. The molecule has 0 aliphatic heterocycles. The molecule has 0 fully saturated rings. The molecule has 2 aromatic rings. The average molecular weight is 279 g/mol. The second-order valence-electron chi connectivity index (χ2n) is 4.45. The van der Waals surface area contributed by atoms with E-state index in [1.807, 2.05) is 19.2 Å². The molecule has 0 atom stereocenters. The van der Waals surface area contributed by atoms with Gasteiger partial charge in [0.25, 0.3) is 0 Å². The van der Waals surface area contributed by atoms with Gasteiger partial charge in [-0.25, -0.2) is 9.97 Å². The van der Waals surface area contributed by atoms with Crippen LogP contribution in [-0.2, 0) is 5.54 Å². The van der Waals surface area contributed by atoms with E-state index in [1.165, 1.54) is 23.5 Å². The Bertz CT molecular complexity index is 597. The van der Waals surface area contributed by atoms with Crippen LogP contribution < -0.4 is 11.1 Å². The lowest BCUT2D eigenvalue weighted by Gasteiger charge is -2.24. The third-order valence-corrected chi connectivity index (χ3v) is 3.60. The smallest absolute Gasteiger partial charge is 0.311 e. The van der Waals surface area contributed by atoms with E-state index in [9.17, 15) is 10.1 Å². The summed E-state index contributed by atoms with van der Waals surface area (Å²) in [7, 11) is 0. The largest absolute Gasteiger partial charge is 0.378 e. The SMILES string of the molecule is CC(C)(Nc1ccc([N+](=O)[O-])c(N)n1)c1nccs1. The third-order valence-electron chi connectivity index (χ3n) is 2.51. The monoisotopic (exact) mass is 279 g/mol. The maximum Gasteiger partial charge on any atom is 0.311 e. The van der Waals surface area contributed by atoms with Gasteiger partial charge in [0.15, 0.2) is 0 Å². The Morgan fingerprint density at radius 2 is 2.21 bits per heavy atom. The highest BCUT2D eigenvalue weighted by Crippen LogP contribution is 2.28. The van der Waals surface area contributed by atoms with E-state index < -0.39 is 10.5 Å². The van der Waals surface area contributed by atoms with Gasteiger partial charge in [-0.1, -0.05) is 0 Å². The van der Waals surface area contributed by atoms with Gasteiger partial charge >= 0.3 is 5.69 Å². The molecular formula is C11H13N5O2S. The van der Waals surface area contributed by atoms with Crippen molar-refractivity contribution in [3.63, 3.8) is 0 Å². The van der Waals surface area contributed by atoms with Crippen molar-refractivity contribution in [3.05, 3.63) is 38.8 Å². The van der Waals surface area contributed by atoms with E-state index in [0.717, 1.165) is 5.01 Å². The average Bonchev–Trinajstić information content (AvgIpc) is 2.81. The Hall–Kier alpha value is -2.22. The van der Waals surface area contributed by atoms with Crippen LogP contribution in [0.15, 0.2) is 23.7 Å². The van der Waals surface area contributed by atoms with Gasteiger partial charge in [0, 0.05) is 17.6 Å². The zero-order valence-corrected chi connectivity index (χ0v) is 11.3. The molecule has 0 amide bonds. The number of thiazole rings is 1. The molecule has 8 heteroatoms. The third kappa shape index (κ3) is 2.79. The minimum atomic E-state index is -0.557. The van der Waals surface area contributed by atoms with Crippen LogP contribution in [0.1, 0.15) is 18.9 Å². The van der Waals surface area contributed by atoms with Crippen molar-refractivity contribution in [2.45, 2.75) is 19.4 Å². The zero-order chi connectivity index (χ0) is 14.0. The van der Waals surface area contributed by atoms with Crippen molar-refractivity contribution >= 4 is 28.7 Å². The molecule has 0 aromatic carbocycles. The topological polar surface area (TPSA) is 107 Å². The summed E-state index contributed by atoms with van der Waals surface area (Å²) in [6, 6.07) is 2.87. The highest BCUT2D eigenvalue weighted by molar-refractivity contribution is 7.09. The molecule has 3 N–H and O–H groups in total. The van der Waals surface area contributed by atoms with Gasteiger partial charge in [-0.15, -0.1) is 11.3 Å². The first kappa shape index (κ1) is 13.2. The molecule has 0 aliphatic carbocycles. The van der Waals surface area contributed by atoms with E-state index >= 15 is 0 Å². The van der Waals surface area contributed by atoms with Gasteiger partial charge in [0.1, 0.15) is 10.8 Å². The van der Waals surface area contributed by atoms with Crippen LogP contribution in [-0.4, -0.2) is 14.9 Å². The Kier molecular flexibility index (Phi) is 3.34. The molecule has 2 aromatic heterocycles. The number of nitrogens with one attached hydrogen (secondary N) is 1. The van der Waals surface area contributed by atoms with Gasteiger partial charge in [0.05, 0.1) is 10.5 Å². The number of nitrogens with two attached hydrogens (primary N) is 1. The first-order valence-electron chi connectivity index (χ1n) is 5.49. The summed E-state index contributed by atoms with van der Waals surface area (Å²) in [5, 5.41) is 16.6. The molecule has 0 spiro atoms. The van der Waals surface area contributed by atoms with Gasteiger partial charge < -0.3 is 11.1 Å². The lowest BCUT2D eigenvalue weighted by Crippen LogP contribution is -2.28. The molecule has 7 nitrogen and oxygen atoms in total. The molecule has 19 heavy (non-hydrogen) atoms. The van der Waals surface area contributed by atoms with Crippen molar-refractivity contribution < 1.29 is 4.92 Å². The van der Waals surface area contributed by atoms with E-state index in [-0.39, 0.29) is 11.5 Å². The number of hydrogen-bond acceptors (Lipinski definition) is 7. The van der Waals surface area contributed by atoms with Crippen molar-refractivity contribution in [2.75, 3.05) is 11.1 Å². The molecule has 0 bridgehead atoms.